The van der Waals surface area contributed by atoms with Crippen molar-refractivity contribution < 1.29 is 9.69 Å². The Morgan fingerprint density at radius 3 is 2.91 bits per heavy atom. The zero-order chi connectivity index (χ0) is 16.8. The highest BCUT2D eigenvalue weighted by Gasteiger charge is 2.33. The van der Waals surface area contributed by atoms with Crippen LogP contribution in [0.15, 0.2) is 36.9 Å². The minimum Gasteiger partial charge on any atom is -0.324 e. The van der Waals surface area contributed by atoms with Crippen molar-refractivity contribution in [3.8, 4) is 0 Å². The Hall–Kier alpha value is -0.970. The molecule has 1 aliphatic rings. The number of hydrogen-bond donors (Lipinski definition) is 1. The van der Waals surface area contributed by atoms with E-state index in [1.165, 1.54) is 4.90 Å². The summed E-state index contributed by atoms with van der Waals surface area (Å²) in [4.78, 5) is 16.1. The van der Waals surface area contributed by atoms with Crippen LogP contribution in [0.3, 0.4) is 0 Å². The normalized spacial score (nSPS) is 19.1. The molecule has 2 rings (SSSR count). The van der Waals surface area contributed by atoms with Crippen molar-refractivity contribution in [2.45, 2.75) is 19.2 Å². The van der Waals surface area contributed by atoms with Crippen molar-refractivity contribution in [3.63, 3.8) is 0 Å². The molecule has 1 saturated heterocycles. The second-order valence-electron chi connectivity index (χ2n) is 6.35. The third-order valence-corrected chi connectivity index (χ3v) is 5.50. The van der Waals surface area contributed by atoms with Crippen molar-refractivity contribution in [1.29, 1.82) is 0 Å². The number of halogens is 1. The van der Waals surface area contributed by atoms with Gasteiger partial charge in [0.25, 0.3) is 5.91 Å². The van der Waals surface area contributed by atoms with Crippen molar-refractivity contribution in [1.82, 2.24) is 4.90 Å². The highest BCUT2D eigenvalue weighted by Crippen LogP contribution is 2.40. The first-order valence-electron chi connectivity index (χ1n) is 8.13. The van der Waals surface area contributed by atoms with Crippen molar-refractivity contribution in [3.05, 3.63) is 47.5 Å². The van der Waals surface area contributed by atoms with Gasteiger partial charge in [-0.3, -0.25) is 4.79 Å². The fourth-order valence-corrected chi connectivity index (χ4v) is 4.60. The Kier molecular flexibility index (Phi) is 7.00. The Bertz CT molecular complexity index is 550. The molecule has 1 unspecified atom stereocenters. The van der Waals surface area contributed by atoms with Gasteiger partial charge < -0.3 is 9.80 Å². The van der Waals surface area contributed by atoms with Crippen molar-refractivity contribution in [2.24, 2.45) is 5.92 Å². The number of carbonyl (C=O) groups is 1. The van der Waals surface area contributed by atoms with Crippen LogP contribution in [0.1, 0.15) is 24.8 Å². The first-order chi connectivity index (χ1) is 11.0. The molecule has 1 fully saturated rings. The average molecular weight is 354 g/mol. The lowest BCUT2D eigenvalue weighted by atomic mass is 10.2. The summed E-state index contributed by atoms with van der Waals surface area (Å²) in [6, 6.07) is 7.83. The van der Waals surface area contributed by atoms with Gasteiger partial charge in [-0.1, -0.05) is 50.2 Å². The molecule has 23 heavy (non-hydrogen) atoms. The van der Waals surface area contributed by atoms with Crippen molar-refractivity contribution in [2.75, 3.05) is 31.9 Å². The Labute approximate surface area is 148 Å². The smallest absolute Gasteiger partial charge is 0.278 e. The van der Waals surface area contributed by atoms with E-state index in [0.717, 1.165) is 36.0 Å². The number of nitrogens with zero attached hydrogens (tertiary/aromatic N) is 1. The number of amides is 1. The molecular formula is C18H26ClN2OS+. The standard InChI is InChI=1S/C18H25ClN2OS/c1-4-9-20(12-14(2)3)13-17(22)21-10-11-23-18(21)15-7-5-6-8-16(15)19/h4-8,14,18H,1,9-13H2,2-3H3/p+1/t18-/m1/s1. The molecule has 5 heteroatoms. The lowest BCUT2D eigenvalue weighted by Crippen LogP contribution is -3.13. The van der Waals surface area contributed by atoms with E-state index in [1.807, 2.05) is 35.2 Å². The topological polar surface area (TPSA) is 24.8 Å². The van der Waals surface area contributed by atoms with E-state index in [0.29, 0.717) is 12.5 Å². The Morgan fingerprint density at radius 1 is 1.52 bits per heavy atom. The summed E-state index contributed by atoms with van der Waals surface area (Å²) >= 11 is 8.12. The number of carbonyl (C=O) groups excluding carboxylic acids is 1. The van der Waals surface area contributed by atoms with E-state index in [-0.39, 0.29) is 11.3 Å². The van der Waals surface area contributed by atoms with Crippen LogP contribution >= 0.6 is 23.4 Å². The molecule has 0 saturated carbocycles. The number of quaternary nitrogens is 1. The van der Waals surface area contributed by atoms with E-state index in [9.17, 15) is 4.79 Å². The Morgan fingerprint density at radius 2 is 2.26 bits per heavy atom. The number of nitrogens with one attached hydrogen (secondary N) is 1. The summed E-state index contributed by atoms with van der Waals surface area (Å²) in [6.07, 6.45) is 1.90. The molecule has 0 aromatic heterocycles. The molecule has 2 atom stereocenters. The lowest BCUT2D eigenvalue weighted by molar-refractivity contribution is -0.889. The summed E-state index contributed by atoms with van der Waals surface area (Å²) < 4.78 is 0. The van der Waals surface area contributed by atoms with Gasteiger partial charge in [-0.15, -0.1) is 11.8 Å². The third kappa shape index (κ3) is 5.00. The summed E-state index contributed by atoms with van der Waals surface area (Å²) in [6.45, 7) is 11.3. The summed E-state index contributed by atoms with van der Waals surface area (Å²) in [5.41, 5.74) is 1.04. The van der Waals surface area contributed by atoms with Gasteiger partial charge in [0.05, 0.1) is 13.1 Å². The van der Waals surface area contributed by atoms with Crippen LogP contribution in [0.4, 0.5) is 0 Å². The van der Waals surface area contributed by atoms with Gasteiger partial charge in [-0.05, 0) is 12.1 Å². The highest BCUT2D eigenvalue weighted by molar-refractivity contribution is 7.99. The second-order valence-corrected chi connectivity index (χ2v) is 7.94. The maximum absolute atomic E-state index is 12.8. The fraction of sp³-hybridized carbons (Fsp3) is 0.500. The first kappa shape index (κ1) is 18.4. The molecular weight excluding hydrogens is 328 g/mol. The van der Waals surface area contributed by atoms with E-state index < -0.39 is 0 Å². The minimum atomic E-state index is 0.0419. The number of benzene rings is 1. The SMILES string of the molecule is C=CC[NH+](CC(=O)N1CCS[C@@H]1c1ccccc1Cl)CC(C)C. The third-order valence-electron chi connectivity index (χ3n) is 3.91. The van der Waals surface area contributed by atoms with Crippen LogP contribution in [0.5, 0.6) is 0 Å². The monoisotopic (exact) mass is 353 g/mol. The van der Waals surface area contributed by atoms with Gasteiger partial charge in [0.1, 0.15) is 5.37 Å². The van der Waals surface area contributed by atoms with E-state index >= 15 is 0 Å². The van der Waals surface area contributed by atoms with Gasteiger partial charge in [0, 0.05) is 28.8 Å². The summed E-state index contributed by atoms with van der Waals surface area (Å²) in [5, 5.41) is 0.780. The number of hydrogen-bond acceptors (Lipinski definition) is 2. The molecule has 1 N–H and O–H groups in total. The van der Waals surface area contributed by atoms with E-state index in [1.54, 1.807) is 11.8 Å². The van der Waals surface area contributed by atoms with E-state index in [2.05, 4.69) is 20.4 Å². The maximum atomic E-state index is 12.8. The van der Waals surface area contributed by atoms with Gasteiger partial charge >= 0.3 is 0 Å². The minimum absolute atomic E-state index is 0.0419. The summed E-state index contributed by atoms with van der Waals surface area (Å²) in [7, 11) is 0. The van der Waals surface area contributed by atoms with Gasteiger partial charge in [0.15, 0.2) is 6.54 Å². The van der Waals surface area contributed by atoms with Crippen LogP contribution in [0.2, 0.25) is 5.02 Å². The molecule has 0 bridgehead atoms. The molecule has 0 radical (unpaired) electrons. The van der Waals surface area contributed by atoms with Gasteiger partial charge in [0.2, 0.25) is 0 Å². The molecule has 1 aliphatic heterocycles. The van der Waals surface area contributed by atoms with E-state index in [4.69, 9.17) is 11.6 Å². The fourth-order valence-electron chi connectivity index (χ4n) is 2.98. The predicted molar refractivity (Wildman–Crippen MR) is 99.0 cm³/mol. The molecule has 1 heterocycles. The van der Waals surface area contributed by atoms with Crippen LogP contribution < -0.4 is 4.90 Å². The molecule has 3 nitrogen and oxygen atoms in total. The second kappa shape index (κ2) is 8.76. The molecule has 126 valence electrons. The Balaban J connectivity index is 2.08. The molecule has 1 aromatic rings. The summed E-state index contributed by atoms with van der Waals surface area (Å²) in [5.74, 6) is 1.73. The zero-order valence-electron chi connectivity index (χ0n) is 13.9. The molecule has 1 amide bonds. The largest absolute Gasteiger partial charge is 0.324 e. The molecule has 0 aliphatic carbocycles. The molecule has 0 spiro atoms. The maximum Gasteiger partial charge on any atom is 0.278 e. The van der Waals surface area contributed by atoms with Gasteiger partial charge in [-0.25, -0.2) is 0 Å². The van der Waals surface area contributed by atoms with Crippen molar-refractivity contribution >= 4 is 29.3 Å². The van der Waals surface area contributed by atoms with Crippen LogP contribution in [-0.4, -0.2) is 42.7 Å². The molecule has 1 aromatic carbocycles. The highest BCUT2D eigenvalue weighted by atomic mass is 35.5. The zero-order valence-corrected chi connectivity index (χ0v) is 15.5. The predicted octanol–water partition coefficient (Wildman–Crippen LogP) is 2.64. The van der Waals surface area contributed by atoms with Crippen LogP contribution in [-0.2, 0) is 4.79 Å². The van der Waals surface area contributed by atoms with Gasteiger partial charge in [-0.2, -0.15) is 0 Å². The number of thioether (sulfide) groups is 1. The van der Waals surface area contributed by atoms with Crippen LogP contribution in [0, 0.1) is 5.92 Å². The first-order valence-corrected chi connectivity index (χ1v) is 9.55. The lowest BCUT2D eigenvalue weighted by Gasteiger charge is -2.27. The van der Waals surface area contributed by atoms with Crippen LogP contribution in [0.25, 0.3) is 0 Å². The number of rotatable bonds is 7. The quantitative estimate of drug-likeness (QED) is 0.762. The average Bonchev–Trinajstić information content (AvgIpc) is 2.96.